The Morgan fingerprint density at radius 3 is 2.39 bits per heavy atom. The zero-order valence-corrected chi connectivity index (χ0v) is 18.4. The Hall–Kier alpha value is -0.890. The summed E-state index contributed by atoms with van der Waals surface area (Å²) in [6, 6.07) is 1.43. The highest BCUT2D eigenvalue weighted by atomic mass is 35.5. The van der Waals surface area contributed by atoms with Crippen molar-refractivity contribution in [2.75, 3.05) is 26.2 Å². The number of amides is 1. The maximum Gasteiger partial charge on any atom is 0.243 e. The average Bonchev–Trinajstić information content (AvgIpc) is 3.27. The van der Waals surface area contributed by atoms with Gasteiger partial charge in [0.2, 0.25) is 11.8 Å². The first-order valence-electron chi connectivity index (χ1n) is 10.2. The molecule has 1 aromatic rings. The third kappa shape index (κ3) is 5.17. The lowest BCUT2D eigenvalue weighted by molar-refractivity contribution is -0.134. The summed E-state index contributed by atoms with van der Waals surface area (Å²) in [4.78, 5) is 21.6. The van der Waals surface area contributed by atoms with E-state index in [9.17, 15) is 4.79 Å². The molecule has 160 valence electrons. The summed E-state index contributed by atoms with van der Waals surface area (Å²) < 4.78 is 5.38. The first-order valence-corrected chi connectivity index (χ1v) is 10.2. The van der Waals surface area contributed by atoms with Gasteiger partial charge in [0.1, 0.15) is 0 Å². The molecule has 0 aromatic carbocycles. The maximum atomic E-state index is 12.7. The second-order valence-electron chi connectivity index (χ2n) is 8.17. The van der Waals surface area contributed by atoms with E-state index in [1.54, 1.807) is 0 Å². The molecular formula is C19H33Cl2N5O2. The number of carbonyl (C=O) groups excluding carboxylic acids is 1. The molecule has 3 aliphatic rings. The molecule has 2 bridgehead atoms. The van der Waals surface area contributed by atoms with E-state index in [-0.39, 0.29) is 30.9 Å². The van der Waals surface area contributed by atoms with Gasteiger partial charge >= 0.3 is 0 Å². The number of fused-ring (bicyclic) bond motifs is 2. The van der Waals surface area contributed by atoms with Crippen LogP contribution in [0.3, 0.4) is 0 Å². The number of nitrogens with zero attached hydrogens (tertiary/aromatic N) is 4. The van der Waals surface area contributed by atoms with Crippen LogP contribution in [0.25, 0.3) is 0 Å². The minimum absolute atomic E-state index is 0. The van der Waals surface area contributed by atoms with Crippen LogP contribution in [0.15, 0.2) is 4.52 Å². The zero-order chi connectivity index (χ0) is 18.1. The van der Waals surface area contributed by atoms with Crippen molar-refractivity contribution in [2.45, 2.75) is 70.5 Å². The normalized spacial score (nSPS) is 28.4. The molecule has 7 nitrogen and oxygen atoms in total. The van der Waals surface area contributed by atoms with E-state index >= 15 is 0 Å². The van der Waals surface area contributed by atoms with Crippen LogP contribution in [0.1, 0.15) is 63.7 Å². The first kappa shape index (κ1) is 23.4. The second kappa shape index (κ2) is 10.2. The molecule has 3 fully saturated rings. The molecule has 3 saturated heterocycles. The molecule has 1 amide bonds. The minimum Gasteiger partial charge on any atom is -0.340 e. The summed E-state index contributed by atoms with van der Waals surface area (Å²) in [5.74, 6) is 2.36. The summed E-state index contributed by atoms with van der Waals surface area (Å²) in [6.45, 7) is 7.47. The molecular weight excluding hydrogens is 401 g/mol. The van der Waals surface area contributed by atoms with Gasteiger partial charge in [-0.1, -0.05) is 12.1 Å². The quantitative estimate of drug-likeness (QED) is 0.768. The van der Waals surface area contributed by atoms with Gasteiger partial charge in [-0.3, -0.25) is 9.69 Å². The van der Waals surface area contributed by atoms with Crippen LogP contribution in [-0.2, 0) is 11.2 Å². The second-order valence-corrected chi connectivity index (χ2v) is 8.17. The molecule has 0 radical (unpaired) electrons. The van der Waals surface area contributed by atoms with Gasteiger partial charge in [0.25, 0.3) is 0 Å². The number of halogens is 2. The smallest absolute Gasteiger partial charge is 0.243 e. The lowest BCUT2D eigenvalue weighted by Gasteiger charge is -2.38. The number of aryl methyl sites for hydroxylation is 1. The summed E-state index contributed by atoms with van der Waals surface area (Å²) in [7, 11) is 0. The van der Waals surface area contributed by atoms with Crippen molar-refractivity contribution >= 4 is 30.7 Å². The largest absolute Gasteiger partial charge is 0.340 e. The molecule has 4 rings (SSSR count). The van der Waals surface area contributed by atoms with Gasteiger partial charge in [0, 0.05) is 51.1 Å². The number of piperazine rings is 1. The fraction of sp³-hybridized carbons (Fsp3) is 0.842. The van der Waals surface area contributed by atoms with E-state index in [1.807, 2.05) is 6.92 Å². The number of hydrogen-bond donors (Lipinski definition) is 1. The third-order valence-electron chi connectivity index (χ3n) is 6.41. The maximum absolute atomic E-state index is 12.7. The minimum atomic E-state index is 0. The molecule has 0 aliphatic carbocycles. The summed E-state index contributed by atoms with van der Waals surface area (Å²) in [5.41, 5.74) is 0. The molecule has 3 atom stereocenters. The number of rotatable bonds is 5. The summed E-state index contributed by atoms with van der Waals surface area (Å²) >= 11 is 0. The highest BCUT2D eigenvalue weighted by Gasteiger charge is 2.35. The van der Waals surface area contributed by atoms with E-state index in [0.717, 1.165) is 44.8 Å². The van der Waals surface area contributed by atoms with Crippen LogP contribution in [0.5, 0.6) is 0 Å². The van der Waals surface area contributed by atoms with Crippen LogP contribution < -0.4 is 5.32 Å². The van der Waals surface area contributed by atoms with E-state index in [0.29, 0.717) is 29.8 Å². The number of aromatic nitrogens is 2. The predicted octanol–water partition coefficient (Wildman–Crippen LogP) is 2.60. The van der Waals surface area contributed by atoms with Gasteiger partial charge in [0.05, 0.1) is 6.04 Å². The Bertz CT molecular complexity index is 624. The predicted molar refractivity (Wildman–Crippen MR) is 112 cm³/mol. The van der Waals surface area contributed by atoms with Gasteiger partial charge in [-0.05, 0) is 38.5 Å². The average molecular weight is 434 g/mol. The van der Waals surface area contributed by atoms with Crippen molar-refractivity contribution in [1.82, 2.24) is 25.3 Å². The number of piperidine rings is 1. The molecule has 0 spiro atoms. The Morgan fingerprint density at radius 2 is 1.82 bits per heavy atom. The van der Waals surface area contributed by atoms with Crippen LogP contribution in [0.2, 0.25) is 0 Å². The standard InChI is InChI=1S/C19H31N5O2.2ClH/c1-3-17-21-19(26-22-17)13(2)23-6-8-24(9-7-23)18(25)12-14-10-15-4-5-16(11-14)20-15;;/h13-16,20H,3-12H2,1-2H3;2*1H. The monoisotopic (exact) mass is 433 g/mol. The summed E-state index contributed by atoms with van der Waals surface area (Å²) in [6.07, 6.45) is 6.46. The number of carbonyl (C=O) groups is 1. The highest BCUT2D eigenvalue weighted by Crippen LogP contribution is 2.33. The van der Waals surface area contributed by atoms with E-state index < -0.39 is 0 Å². The topological polar surface area (TPSA) is 74.5 Å². The van der Waals surface area contributed by atoms with E-state index in [1.165, 1.54) is 25.7 Å². The fourth-order valence-electron chi connectivity index (χ4n) is 4.81. The van der Waals surface area contributed by atoms with E-state index in [4.69, 9.17) is 4.52 Å². The van der Waals surface area contributed by atoms with Crippen molar-refractivity contribution in [3.8, 4) is 0 Å². The van der Waals surface area contributed by atoms with Crippen molar-refractivity contribution in [3.05, 3.63) is 11.7 Å². The molecule has 9 heteroatoms. The molecule has 1 aromatic heterocycles. The SMILES string of the molecule is CCc1noc(C(C)N2CCN(C(=O)CC3CC4CCC(C3)N4)CC2)n1.Cl.Cl. The van der Waals surface area contributed by atoms with Crippen molar-refractivity contribution in [1.29, 1.82) is 0 Å². The molecule has 3 aliphatic heterocycles. The lowest BCUT2D eigenvalue weighted by Crippen LogP contribution is -2.50. The van der Waals surface area contributed by atoms with Gasteiger partial charge in [-0.15, -0.1) is 24.8 Å². The van der Waals surface area contributed by atoms with Gasteiger partial charge in [0.15, 0.2) is 5.82 Å². The third-order valence-corrected chi connectivity index (χ3v) is 6.41. The lowest BCUT2D eigenvalue weighted by atomic mass is 9.89. The van der Waals surface area contributed by atoms with Gasteiger partial charge in [-0.2, -0.15) is 4.98 Å². The fourth-order valence-corrected chi connectivity index (χ4v) is 4.81. The zero-order valence-electron chi connectivity index (χ0n) is 16.8. The molecule has 1 N–H and O–H groups in total. The van der Waals surface area contributed by atoms with Crippen LogP contribution in [-0.4, -0.2) is 64.1 Å². The van der Waals surface area contributed by atoms with Crippen molar-refractivity contribution in [3.63, 3.8) is 0 Å². The van der Waals surface area contributed by atoms with Crippen molar-refractivity contribution in [2.24, 2.45) is 5.92 Å². The molecule has 3 unspecified atom stereocenters. The van der Waals surface area contributed by atoms with Crippen LogP contribution in [0.4, 0.5) is 0 Å². The van der Waals surface area contributed by atoms with Gasteiger partial charge < -0.3 is 14.7 Å². The molecule has 0 saturated carbocycles. The molecule has 4 heterocycles. The Labute approximate surface area is 179 Å². The first-order chi connectivity index (χ1) is 12.6. The van der Waals surface area contributed by atoms with Crippen LogP contribution in [0, 0.1) is 5.92 Å². The number of nitrogens with one attached hydrogen (secondary N) is 1. The molecule has 28 heavy (non-hydrogen) atoms. The number of hydrogen-bond acceptors (Lipinski definition) is 6. The Morgan fingerprint density at radius 1 is 1.18 bits per heavy atom. The highest BCUT2D eigenvalue weighted by molar-refractivity contribution is 5.85. The van der Waals surface area contributed by atoms with Crippen molar-refractivity contribution < 1.29 is 9.32 Å². The summed E-state index contributed by atoms with van der Waals surface area (Å²) in [5, 5.41) is 7.65. The van der Waals surface area contributed by atoms with Gasteiger partial charge in [-0.25, -0.2) is 0 Å². The Kier molecular flexibility index (Phi) is 8.55. The van der Waals surface area contributed by atoms with E-state index in [2.05, 4.69) is 32.2 Å². The Balaban J connectivity index is 0.00000140. The van der Waals surface area contributed by atoms with Crippen LogP contribution >= 0.6 is 24.8 Å².